The highest BCUT2D eigenvalue weighted by molar-refractivity contribution is 7.92. The van der Waals surface area contributed by atoms with Crippen molar-refractivity contribution in [3.05, 3.63) is 102 Å². The lowest BCUT2D eigenvalue weighted by Gasteiger charge is -2.10. The molecule has 0 spiro atoms. The highest BCUT2D eigenvalue weighted by Gasteiger charge is 2.19. The number of nitrogens with one attached hydrogen (secondary N) is 2. The molecule has 0 bridgehead atoms. The minimum absolute atomic E-state index is 0.00273. The van der Waals surface area contributed by atoms with Crippen LogP contribution in [0, 0.1) is 13.8 Å². The van der Waals surface area contributed by atoms with E-state index in [0.717, 1.165) is 0 Å². The molecule has 0 aliphatic rings. The Labute approximate surface area is 234 Å². The number of fused-ring (bicyclic) bond motifs is 1. The number of carbonyl (C=O) groups excluding carboxylic acids is 1. The fourth-order valence-electron chi connectivity index (χ4n) is 4.24. The molecule has 0 atom stereocenters. The first kappa shape index (κ1) is 25.9. The van der Waals surface area contributed by atoms with Gasteiger partial charge in [0.2, 0.25) is 5.95 Å². The van der Waals surface area contributed by atoms with Crippen molar-refractivity contribution in [2.75, 3.05) is 10.0 Å². The van der Waals surface area contributed by atoms with Gasteiger partial charge in [0.05, 0.1) is 28.5 Å². The van der Waals surface area contributed by atoms with Crippen LogP contribution >= 0.6 is 0 Å². The van der Waals surface area contributed by atoms with Gasteiger partial charge >= 0.3 is 0 Å². The molecule has 204 valence electrons. The molecular formula is C29H22N6O5S. The van der Waals surface area contributed by atoms with Crippen molar-refractivity contribution in [1.82, 2.24) is 19.9 Å². The van der Waals surface area contributed by atoms with Crippen molar-refractivity contribution in [3.8, 4) is 22.9 Å². The van der Waals surface area contributed by atoms with Gasteiger partial charge < -0.3 is 14.2 Å². The molecule has 0 unspecified atom stereocenters. The number of aryl methyl sites for hydroxylation is 2. The van der Waals surface area contributed by atoms with Gasteiger partial charge in [-0.2, -0.15) is 0 Å². The zero-order chi connectivity index (χ0) is 28.6. The molecule has 0 saturated heterocycles. The third-order valence-corrected chi connectivity index (χ3v) is 7.41. The van der Waals surface area contributed by atoms with Crippen LogP contribution in [0.1, 0.15) is 21.7 Å². The molecule has 11 nitrogen and oxygen atoms in total. The number of anilines is 2. The highest BCUT2D eigenvalue weighted by Crippen LogP contribution is 2.32. The molecule has 2 N–H and O–H groups in total. The summed E-state index contributed by atoms with van der Waals surface area (Å²) in [7, 11) is -3.93. The van der Waals surface area contributed by atoms with E-state index in [2.05, 4.69) is 20.0 Å². The Bertz CT molecular complexity index is 1970. The maximum absolute atomic E-state index is 13.1. The lowest BCUT2D eigenvalue weighted by molar-refractivity contribution is 0.102. The highest BCUT2D eigenvalue weighted by atomic mass is 32.2. The minimum Gasteiger partial charge on any atom is -0.463 e. The van der Waals surface area contributed by atoms with E-state index in [4.69, 9.17) is 18.8 Å². The van der Waals surface area contributed by atoms with Crippen molar-refractivity contribution in [2.24, 2.45) is 0 Å². The fourth-order valence-corrected chi connectivity index (χ4v) is 5.18. The summed E-state index contributed by atoms with van der Waals surface area (Å²) in [4.78, 5) is 30.7. The van der Waals surface area contributed by atoms with Crippen molar-refractivity contribution < 1.29 is 22.0 Å². The SMILES string of the molecule is Cc1cc(C)nc(NS(=O)(=O)c2ccc(NC(=O)c3ccc4nc(-c5ccco5)c(-c5ccco5)nc4c3)cc2)n1. The number of carbonyl (C=O) groups is 1. The molecule has 0 fully saturated rings. The maximum Gasteiger partial charge on any atom is 0.264 e. The summed E-state index contributed by atoms with van der Waals surface area (Å²) in [5.74, 6) is 0.635. The van der Waals surface area contributed by atoms with E-state index in [-0.39, 0.29) is 10.8 Å². The Morgan fingerprint density at radius 2 is 1.34 bits per heavy atom. The summed E-state index contributed by atoms with van der Waals surface area (Å²) in [6, 6.07) is 19.6. The number of amides is 1. The molecule has 12 heteroatoms. The Hall–Kier alpha value is -5.36. The summed E-state index contributed by atoms with van der Waals surface area (Å²) in [5.41, 5.74) is 4.08. The summed E-state index contributed by atoms with van der Waals surface area (Å²) < 4.78 is 39.1. The van der Waals surface area contributed by atoms with Crippen LogP contribution in [-0.4, -0.2) is 34.3 Å². The Morgan fingerprint density at radius 3 is 1.93 bits per heavy atom. The molecule has 0 aliphatic heterocycles. The molecule has 2 aromatic carbocycles. The predicted octanol–water partition coefficient (Wildman–Crippen LogP) is 5.61. The Balaban J connectivity index is 1.23. The van der Waals surface area contributed by atoms with Crippen LogP contribution in [0.3, 0.4) is 0 Å². The van der Waals surface area contributed by atoms with E-state index in [1.807, 2.05) is 0 Å². The number of nitrogens with zero attached hydrogens (tertiary/aromatic N) is 4. The van der Waals surface area contributed by atoms with Crippen LogP contribution in [-0.2, 0) is 10.0 Å². The lowest BCUT2D eigenvalue weighted by atomic mass is 10.1. The standard InChI is InChI=1S/C29H22N6O5S/c1-17-15-18(2)31-29(30-17)35-41(37,38)21-10-8-20(9-11-21)32-28(36)19-7-12-22-23(16-19)34-27(25-6-4-14-40-25)26(33-22)24-5-3-13-39-24/h3-16H,1-2H3,(H,32,36)(H,30,31,35). The first-order valence-electron chi connectivity index (χ1n) is 12.4. The van der Waals surface area contributed by atoms with Gasteiger partial charge in [-0.3, -0.25) is 4.79 Å². The number of hydrogen-bond donors (Lipinski definition) is 2. The molecular weight excluding hydrogens is 544 g/mol. The van der Waals surface area contributed by atoms with Gasteiger partial charge in [-0.1, -0.05) is 0 Å². The van der Waals surface area contributed by atoms with Crippen LogP contribution in [0.4, 0.5) is 11.6 Å². The van der Waals surface area contributed by atoms with E-state index in [9.17, 15) is 13.2 Å². The van der Waals surface area contributed by atoms with E-state index < -0.39 is 15.9 Å². The molecule has 0 radical (unpaired) electrons. The van der Waals surface area contributed by atoms with Gasteiger partial charge in [0, 0.05) is 22.6 Å². The average molecular weight is 567 g/mol. The quantitative estimate of drug-likeness (QED) is 0.251. The second-order valence-corrected chi connectivity index (χ2v) is 10.8. The van der Waals surface area contributed by atoms with E-state index in [0.29, 0.717) is 56.6 Å². The predicted molar refractivity (Wildman–Crippen MR) is 152 cm³/mol. The van der Waals surface area contributed by atoms with Crippen LogP contribution in [0.25, 0.3) is 33.9 Å². The average Bonchev–Trinajstić information content (AvgIpc) is 3.67. The largest absolute Gasteiger partial charge is 0.463 e. The van der Waals surface area contributed by atoms with Gasteiger partial charge in [0.1, 0.15) is 11.4 Å². The van der Waals surface area contributed by atoms with Gasteiger partial charge in [-0.25, -0.2) is 33.1 Å². The molecule has 0 saturated carbocycles. The first-order valence-corrected chi connectivity index (χ1v) is 13.9. The molecule has 0 aliphatic carbocycles. The summed E-state index contributed by atoms with van der Waals surface area (Å²) >= 11 is 0. The second-order valence-electron chi connectivity index (χ2n) is 9.14. The number of benzene rings is 2. The van der Waals surface area contributed by atoms with E-state index >= 15 is 0 Å². The molecule has 4 aromatic heterocycles. The van der Waals surface area contributed by atoms with Crippen LogP contribution in [0.15, 0.2) is 99.1 Å². The summed E-state index contributed by atoms with van der Waals surface area (Å²) in [6.45, 7) is 3.50. The van der Waals surface area contributed by atoms with Gasteiger partial charge in [-0.05, 0) is 86.6 Å². The van der Waals surface area contributed by atoms with Crippen molar-refractivity contribution in [3.63, 3.8) is 0 Å². The number of furan rings is 2. The van der Waals surface area contributed by atoms with Crippen LogP contribution in [0.5, 0.6) is 0 Å². The monoisotopic (exact) mass is 566 g/mol. The molecule has 4 heterocycles. The van der Waals surface area contributed by atoms with Crippen molar-refractivity contribution >= 4 is 38.6 Å². The van der Waals surface area contributed by atoms with Crippen LogP contribution in [0.2, 0.25) is 0 Å². The van der Waals surface area contributed by atoms with Gasteiger partial charge in [0.15, 0.2) is 11.5 Å². The fraction of sp³-hybridized carbons (Fsp3) is 0.0690. The zero-order valence-electron chi connectivity index (χ0n) is 21.8. The maximum atomic E-state index is 13.1. The van der Waals surface area contributed by atoms with E-state index in [1.54, 1.807) is 74.9 Å². The number of rotatable bonds is 7. The lowest BCUT2D eigenvalue weighted by Crippen LogP contribution is -2.16. The zero-order valence-corrected chi connectivity index (χ0v) is 22.6. The first-order chi connectivity index (χ1) is 19.7. The molecule has 41 heavy (non-hydrogen) atoms. The van der Waals surface area contributed by atoms with Crippen molar-refractivity contribution in [1.29, 1.82) is 0 Å². The number of aromatic nitrogens is 4. The smallest absolute Gasteiger partial charge is 0.264 e. The Kier molecular flexibility index (Phi) is 6.52. The van der Waals surface area contributed by atoms with Gasteiger partial charge in [-0.15, -0.1) is 0 Å². The number of sulfonamides is 1. The molecule has 6 rings (SSSR count). The third kappa shape index (κ3) is 5.40. The van der Waals surface area contributed by atoms with Crippen LogP contribution < -0.4 is 10.0 Å². The van der Waals surface area contributed by atoms with E-state index in [1.165, 1.54) is 24.3 Å². The topological polar surface area (TPSA) is 153 Å². The Morgan fingerprint density at radius 1 is 0.732 bits per heavy atom. The minimum atomic E-state index is -3.93. The normalized spacial score (nSPS) is 11.5. The number of hydrogen-bond acceptors (Lipinski definition) is 9. The molecule has 1 amide bonds. The summed E-state index contributed by atoms with van der Waals surface area (Å²) in [5, 5.41) is 2.78. The second kappa shape index (κ2) is 10.3. The van der Waals surface area contributed by atoms with Gasteiger partial charge in [0.25, 0.3) is 15.9 Å². The summed E-state index contributed by atoms with van der Waals surface area (Å²) in [6.07, 6.45) is 3.10. The van der Waals surface area contributed by atoms with Crippen molar-refractivity contribution in [2.45, 2.75) is 18.7 Å². The third-order valence-electron chi connectivity index (χ3n) is 6.07. The molecule has 6 aromatic rings.